The van der Waals surface area contributed by atoms with Gasteiger partial charge in [-0.2, -0.15) is 4.98 Å². The maximum Gasteiger partial charge on any atom is 0.227 e. The topological polar surface area (TPSA) is 59.2 Å². The van der Waals surface area contributed by atoms with E-state index in [-0.39, 0.29) is 11.9 Å². The summed E-state index contributed by atoms with van der Waals surface area (Å²) in [6, 6.07) is 11.3. The Labute approximate surface area is 155 Å². The van der Waals surface area contributed by atoms with Gasteiger partial charge in [-0.1, -0.05) is 22.8 Å². The third-order valence-electron chi connectivity index (χ3n) is 4.05. The van der Waals surface area contributed by atoms with Crippen molar-refractivity contribution < 1.29 is 9.32 Å². The predicted octanol–water partition coefficient (Wildman–Crippen LogP) is 4.60. The Balaban J connectivity index is 1.58. The maximum absolute atomic E-state index is 12.4. The lowest BCUT2D eigenvalue weighted by Crippen LogP contribution is -2.29. The van der Waals surface area contributed by atoms with E-state index in [0.717, 1.165) is 5.56 Å². The molecule has 0 aliphatic rings. The van der Waals surface area contributed by atoms with E-state index < -0.39 is 0 Å². The number of carbonyl (C=O) groups is 1. The van der Waals surface area contributed by atoms with Crippen molar-refractivity contribution in [2.75, 3.05) is 7.05 Å². The van der Waals surface area contributed by atoms with Crippen molar-refractivity contribution in [3.05, 3.63) is 57.6 Å². The molecule has 0 radical (unpaired) electrons. The predicted molar refractivity (Wildman–Crippen MR) is 98.6 cm³/mol. The van der Waals surface area contributed by atoms with Crippen molar-refractivity contribution in [2.45, 2.75) is 25.8 Å². The van der Waals surface area contributed by atoms with Crippen LogP contribution >= 0.6 is 22.9 Å². The van der Waals surface area contributed by atoms with E-state index in [1.807, 2.05) is 43.6 Å². The Kier molecular flexibility index (Phi) is 5.50. The molecule has 7 heteroatoms. The van der Waals surface area contributed by atoms with Gasteiger partial charge in [0.05, 0.1) is 6.04 Å². The standard InChI is InChI=1S/C18H18ClN3O2S/c1-12(15-4-3-11-25-15)22(2)17(23)10-9-16-20-18(21-24-16)13-5-7-14(19)8-6-13/h3-8,11-12H,9-10H2,1-2H3. The van der Waals surface area contributed by atoms with Crippen LogP contribution < -0.4 is 0 Å². The molecule has 0 spiro atoms. The van der Waals surface area contributed by atoms with E-state index >= 15 is 0 Å². The van der Waals surface area contributed by atoms with Gasteiger partial charge in [0.15, 0.2) is 0 Å². The maximum atomic E-state index is 12.4. The molecule has 2 heterocycles. The van der Waals surface area contributed by atoms with Gasteiger partial charge in [-0.3, -0.25) is 4.79 Å². The van der Waals surface area contributed by atoms with E-state index in [9.17, 15) is 4.79 Å². The number of benzene rings is 1. The van der Waals surface area contributed by atoms with Gasteiger partial charge >= 0.3 is 0 Å². The molecule has 1 unspecified atom stereocenters. The third kappa shape index (κ3) is 4.27. The summed E-state index contributed by atoms with van der Waals surface area (Å²) in [5.74, 6) is 1.00. The van der Waals surface area contributed by atoms with Gasteiger partial charge in [0.2, 0.25) is 17.6 Å². The first kappa shape index (κ1) is 17.6. The average Bonchev–Trinajstić information content (AvgIpc) is 3.31. The molecule has 1 amide bonds. The van der Waals surface area contributed by atoms with Crippen molar-refractivity contribution >= 4 is 28.8 Å². The fourth-order valence-electron chi connectivity index (χ4n) is 2.40. The molecular formula is C18H18ClN3O2S. The van der Waals surface area contributed by atoms with Crippen LogP contribution in [0.5, 0.6) is 0 Å². The highest BCUT2D eigenvalue weighted by Crippen LogP contribution is 2.24. The number of aryl methyl sites for hydroxylation is 1. The van der Waals surface area contributed by atoms with Gasteiger partial charge < -0.3 is 9.42 Å². The number of hydrogen-bond donors (Lipinski definition) is 0. The summed E-state index contributed by atoms with van der Waals surface area (Å²) in [5, 5.41) is 6.63. The number of rotatable bonds is 6. The molecule has 0 aliphatic carbocycles. The van der Waals surface area contributed by atoms with E-state index in [2.05, 4.69) is 10.1 Å². The number of nitrogens with zero attached hydrogens (tertiary/aromatic N) is 3. The number of hydrogen-bond acceptors (Lipinski definition) is 5. The Morgan fingerprint density at radius 3 is 2.76 bits per heavy atom. The molecule has 0 aliphatic heterocycles. The SMILES string of the molecule is CC(c1cccs1)N(C)C(=O)CCc1nc(-c2ccc(Cl)cc2)no1. The monoisotopic (exact) mass is 375 g/mol. The molecule has 0 saturated heterocycles. The van der Waals surface area contributed by atoms with Gasteiger partial charge in [-0.25, -0.2) is 0 Å². The molecule has 2 aromatic heterocycles. The zero-order valence-electron chi connectivity index (χ0n) is 14.0. The van der Waals surface area contributed by atoms with Crippen LogP contribution in [0.4, 0.5) is 0 Å². The highest BCUT2D eigenvalue weighted by Gasteiger charge is 2.19. The number of thiophene rings is 1. The van der Waals surface area contributed by atoms with Crippen LogP contribution in [0.1, 0.15) is 30.2 Å². The van der Waals surface area contributed by atoms with E-state index in [0.29, 0.717) is 29.6 Å². The summed E-state index contributed by atoms with van der Waals surface area (Å²) in [6.07, 6.45) is 0.745. The lowest BCUT2D eigenvalue weighted by atomic mass is 10.2. The van der Waals surface area contributed by atoms with Crippen LogP contribution in [-0.2, 0) is 11.2 Å². The second-order valence-corrected chi connectivity index (χ2v) is 7.13. The van der Waals surface area contributed by atoms with Gasteiger partial charge in [0.25, 0.3) is 0 Å². The molecule has 0 saturated carbocycles. The Morgan fingerprint density at radius 1 is 1.32 bits per heavy atom. The molecule has 0 N–H and O–H groups in total. The number of carbonyl (C=O) groups excluding carboxylic acids is 1. The molecule has 3 aromatic rings. The summed E-state index contributed by atoms with van der Waals surface area (Å²) in [6.45, 7) is 2.02. The van der Waals surface area contributed by atoms with Gasteiger partial charge in [-0.15, -0.1) is 11.3 Å². The largest absolute Gasteiger partial charge is 0.339 e. The number of halogens is 1. The van der Waals surface area contributed by atoms with Crippen LogP contribution in [0.3, 0.4) is 0 Å². The van der Waals surface area contributed by atoms with Crippen molar-refractivity contribution in [2.24, 2.45) is 0 Å². The molecular weight excluding hydrogens is 358 g/mol. The number of amides is 1. The van der Waals surface area contributed by atoms with Gasteiger partial charge in [-0.05, 0) is 42.6 Å². The minimum absolute atomic E-state index is 0.0483. The van der Waals surface area contributed by atoms with Crippen LogP contribution in [0, 0.1) is 0 Å². The van der Waals surface area contributed by atoms with Crippen LogP contribution in [-0.4, -0.2) is 28.0 Å². The van der Waals surface area contributed by atoms with Crippen molar-refractivity contribution in [1.82, 2.24) is 15.0 Å². The average molecular weight is 376 g/mol. The van der Waals surface area contributed by atoms with E-state index in [1.165, 1.54) is 4.88 Å². The van der Waals surface area contributed by atoms with Crippen molar-refractivity contribution in [3.8, 4) is 11.4 Å². The highest BCUT2D eigenvalue weighted by atomic mass is 35.5. The minimum atomic E-state index is 0.0483. The Morgan fingerprint density at radius 2 is 2.08 bits per heavy atom. The summed E-state index contributed by atoms with van der Waals surface area (Å²) >= 11 is 7.52. The van der Waals surface area contributed by atoms with Crippen molar-refractivity contribution in [3.63, 3.8) is 0 Å². The number of aromatic nitrogens is 2. The molecule has 1 atom stereocenters. The summed E-state index contributed by atoms with van der Waals surface area (Å²) in [7, 11) is 1.82. The van der Waals surface area contributed by atoms with Crippen LogP contribution in [0.2, 0.25) is 5.02 Å². The van der Waals surface area contributed by atoms with Crippen LogP contribution in [0.25, 0.3) is 11.4 Å². The summed E-state index contributed by atoms with van der Waals surface area (Å²) in [4.78, 5) is 19.7. The molecule has 0 bridgehead atoms. The quantitative estimate of drug-likeness (QED) is 0.631. The highest BCUT2D eigenvalue weighted by molar-refractivity contribution is 7.10. The molecule has 0 fully saturated rings. The van der Waals surface area contributed by atoms with Gasteiger partial charge in [0, 0.05) is 35.4 Å². The van der Waals surface area contributed by atoms with E-state index in [4.69, 9.17) is 16.1 Å². The Hall–Kier alpha value is -2.18. The first-order chi connectivity index (χ1) is 12.0. The molecule has 5 nitrogen and oxygen atoms in total. The minimum Gasteiger partial charge on any atom is -0.339 e. The first-order valence-electron chi connectivity index (χ1n) is 7.92. The third-order valence-corrected chi connectivity index (χ3v) is 5.35. The second-order valence-electron chi connectivity index (χ2n) is 5.71. The second kappa shape index (κ2) is 7.80. The molecule has 130 valence electrons. The molecule has 3 rings (SSSR count). The normalized spacial score (nSPS) is 12.1. The molecule has 1 aromatic carbocycles. The first-order valence-corrected chi connectivity index (χ1v) is 9.18. The lowest BCUT2D eigenvalue weighted by molar-refractivity contribution is -0.131. The van der Waals surface area contributed by atoms with Crippen LogP contribution in [0.15, 0.2) is 46.3 Å². The fourth-order valence-corrected chi connectivity index (χ4v) is 3.35. The molecule has 25 heavy (non-hydrogen) atoms. The summed E-state index contributed by atoms with van der Waals surface area (Å²) < 4.78 is 5.25. The fraction of sp³-hybridized carbons (Fsp3) is 0.278. The Bertz CT molecular complexity index is 830. The lowest BCUT2D eigenvalue weighted by Gasteiger charge is -2.23. The zero-order chi connectivity index (χ0) is 17.8. The smallest absolute Gasteiger partial charge is 0.227 e. The van der Waals surface area contributed by atoms with Crippen molar-refractivity contribution in [1.29, 1.82) is 0 Å². The summed E-state index contributed by atoms with van der Waals surface area (Å²) in [5.41, 5.74) is 0.828. The zero-order valence-corrected chi connectivity index (χ0v) is 15.5. The van der Waals surface area contributed by atoms with Gasteiger partial charge in [0.1, 0.15) is 0 Å². The van der Waals surface area contributed by atoms with E-state index in [1.54, 1.807) is 28.4 Å².